The van der Waals surface area contributed by atoms with Crippen LogP contribution >= 0.6 is 23.2 Å². The number of halogens is 2. The lowest BCUT2D eigenvalue weighted by Crippen LogP contribution is -2.42. The first kappa shape index (κ1) is 17.7. The number of nitrogens with zero attached hydrogens (tertiary/aromatic N) is 1. The zero-order valence-corrected chi connectivity index (χ0v) is 16.5. The fourth-order valence-corrected chi connectivity index (χ4v) is 4.39. The molecule has 1 atom stereocenters. The Kier molecular flexibility index (Phi) is 4.60. The number of H-pyrrole nitrogens is 1. The minimum absolute atomic E-state index is 0.0589. The predicted molar refractivity (Wildman–Crippen MR) is 112 cm³/mol. The van der Waals surface area contributed by atoms with Gasteiger partial charge in [-0.15, -0.1) is 0 Å². The zero-order valence-electron chi connectivity index (χ0n) is 15.0. The van der Waals surface area contributed by atoms with Crippen LogP contribution in [-0.4, -0.2) is 24.0 Å². The van der Waals surface area contributed by atoms with E-state index < -0.39 is 0 Å². The summed E-state index contributed by atoms with van der Waals surface area (Å²) < 4.78 is 0. The number of rotatable bonds is 3. The summed E-state index contributed by atoms with van der Waals surface area (Å²) in [5, 5.41) is 2.28. The van der Waals surface area contributed by atoms with Crippen LogP contribution in [0.3, 0.4) is 0 Å². The molecule has 1 heterocycles. The summed E-state index contributed by atoms with van der Waals surface area (Å²) in [5.74, 6) is 0. The zero-order chi connectivity index (χ0) is 18.3. The summed E-state index contributed by atoms with van der Waals surface area (Å²) in [6, 6.07) is 16.8. The SMILES string of the molecule is CN(C)C1(c2ccccc2)CC=C(c2cc3cc(Cl)c(Cl)cc3[nH]2)CC1. The van der Waals surface area contributed by atoms with Gasteiger partial charge in [-0.1, -0.05) is 59.6 Å². The number of aromatic amines is 1. The summed E-state index contributed by atoms with van der Waals surface area (Å²) in [7, 11) is 4.36. The number of hydrogen-bond donors (Lipinski definition) is 1. The van der Waals surface area contributed by atoms with E-state index >= 15 is 0 Å². The molecule has 1 N–H and O–H groups in total. The van der Waals surface area contributed by atoms with Crippen molar-refractivity contribution in [1.82, 2.24) is 9.88 Å². The van der Waals surface area contributed by atoms with Crippen molar-refractivity contribution in [1.29, 1.82) is 0 Å². The monoisotopic (exact) mass is 384 g/mol. The van der Waals surface area contributed by atoms with Gasteiger partial charge in [0.1, 0.15) is 0 Å². The van der Waals surface area contributed by atoms with Crippen LogP contribution in [0.25, 0.3) is 16.5 Å². The Labute approximate surface area is 164 Å². The Hall–Kier alpha value is -1.74. The quantitative estimate of drug-likeness (QED) is 0.545. The molecule has 0 bridgehead atoms. The van der Waals surface area contributed by atoms with Crippen LogP contribution in [0.15, 0.2) is 54.6 Å². The van der Waals surface area contributed by atoms with Gasteiger partial charge in [-0.25, -0.2) is 0 Å². The average molecular weight is 385 g/mol. The fraction of sp³-hybridized carbons (Fsp3) is 0.273. The minimum atomic E-state index is 0.0589. The second kappa shape index (κ2) is 6.77. The summed E-state index contributed by atoms with van der Waals surface area (Å²) in [6.07, 6.45) is 5.49. The third-order valence-corrected chi connectivity index (χ3v) is 6.39. The van der Waals surface area contributed by atoms with E-state index in [4.69, 9.17) is 23.2 Å². The number of fused-ring (bicyclic) bond motifs is 1. The molecule has 134 valence electrons. The molecule has 4 rings (SSSR count). The first-order valence-electron chi connectivity index (χ1n) is 8.90. The van der Waals surface area contributed by atoms with E-state index in [-0.39, 0.29) is 5.54 Å². The average Bonchev–Trinajstić information content (AvgIpc) is 3.05. The molecule has 0 amide bonds. The number of aromatic nitrogens is 1. The molecule has 2 nitrogen and oxygen atoms in total. The highest BCUT2D eigenvalue weighted by Gasteiger charge is 2.36. The van der Waals surface area contributed by atoms with E-state index in [1.807, 2.05) is 12.1 Å². The second-order valence-electron chi connectivity index (χ2n) is 7.26. The van der Waals surface area contributed by atoms with Crippen LogP contribution < -0.4 is 0 Å². The van der Waals surface area contributed by atoms with Gasteiger partial charge in [-0.05, 0) is 62.7 Å². The topological polar surface area (TPSA) is 19.0 Å². The van der Waals surface area contributed by atoms with E-state index in [2.05, 4.69) is 66.5 Å². The van der Waals surface area contributed by atoms with E-state index in [1.54, 1.807) is 0 Å². The molecule has 0 saturated heterocycles. The van der Waals surface area contributed by atoms with Crippen molar-refractivity contribution >= 4 is 39.7 Å². The maximum Gasteiger partial charge on any atom is 0.0613 e. The van der Waals surface area contributed by atoms with E-state index in [0.29, 0.717) is 10.0 Å². The van der Waals surface area contributed by atoms with Gasteiger partial charge in [0.15, 0.2) is 0 Å². The summed E-state index contributed by atoms with van der Waals surface area (Å²) in [4.78, 5) is 5.87. The van der Waals surface area contributed by atoms with Gasteiger partial charge < -0.3 is 4.98 Å². The van der Waals surface area contributed by atoms with Crippen LogP contribution in [-0.2, 0) is 5.54 Å². The van der Waals surface area contributed by atoms with Crippen molar-refractivity contribution in [3.8, 4) is 0 Å². The van der Waals surface area contributed by atoms with Crippen molar-refractivity contribution in [2.45, 2.75) is 24.8 Å². The number of nitrogens with one attached hydrogen (secondary N) is 1. The molecule has 1 aliphatic rings. The largest absolute Gasteiger partial charge is 0.355 e. The van der Waals surface area contributed by atoms with Gasteiger partial charge in [-0.3, -0.25) is 4.90 Å². The molecule has 1 aliphatic carbocycles. The third-order valence-electron chi connectivity index (χ3n) is 5.67. The van der Waals surface area contributed by atoms with Crippen LogP contribution in [0, 0.1) is 0 Å². The normalized spacial score (nSPS) is 20.6. The number of benzene rings is 2. The van der Waals surface area contributed by atoms with Crippen molar-refractivity contribution in [3.05, 3.63) is 75.9 Å². The fourth-order valence-electron chi connectivity index (χ4n) is 4.06. The molecular weight excluding hydrogens is 363 g/mol. The Morgan fingerprint density at radius 2 is 1.73 bits per heavy atom. The molecule has 1 unspecified atom stereocenters. The van der Waals surface area contributed by atoms with Crippen molar-refractivity contribution < 1.29 is 0 Å². The molecule has 0 fully saturated rings. The van der Waals surface area contributed by atoms with Gasteiger partial charge in [0.2, 0.25) is 0 Å². The molecule has 0 radical (unpaired) electrons. The smallest absolute Gasteiger partial charge is 0.0613 e. The molecule has 26 heavy (non-hydrogen) atoms. The summed E-state index contributed by atoms with van der Waals surface area (Å²) >= 11 is 12.3. The maximum absolute atomic E-state index is 6.16. The van der Waals surface area contributed by atoms with Crippen molar-refractivity contribution in [2.24, 2.45) is 0 Å². The van der Waals surface area contributed by atoms with Gasteiger partial charge in [-0.2, -0.15) is 0 Å². The first-order chi connectivity index (χ1) is 12.5. The Morgan fingerprint density at radius 3 is 2.38 bits per heavy atom. The second-order valence-corrected chi connectivity index (χ2v) is 8.08. The third kappa shape index (κ3) is 2.96. The molecule has 3 aromatic rings. The van der Waals surface area contributed by atoms with Crippen molar-refractivity contribution in [3.63, 3.8) is 0 Å². The van der Waals surface area contributed by atoms with Crippen LogP contribution in [0.2, 0.25) is 10.0 Å². The van der Waals surface area contributed by atoms with Crippen molar-refractivity contribution in [2.75, 3.05) is 14.1 Å². The van der Waals surface area contributed by atoms with Crippen LogP contribution in [0.5, 0.6) is 0 Å². The highest BCUT2D eigenvalue weighted by molar-refractivity contribution is 6.42. The Morgan fingerprint density at radius 1 is 1.00 bits per heavy atom. The lowest BCUT2D eigenvalue weighted by atomic mass is 9.76. The molecule has 4 heteroatoms. The molecule has 2 aromatic carbocycles. The van der Waals surface area contributed by atoms with Crippen LogP contribution in [0.1, 0.15) is 30.5 Å². The van der Waals surface area contributed by atoms with Gasteiger partial charge in [0.05, 0.1) is 10.0 Å². The van der Waals surface area contributed by atoms with Gasteiger partial charge in [0, 0.05) is 22.1 Å². The van der Waals surface area contributed by atoms with Gasteiger partial charge >= 0.3 is 0 Å². The van der Waals surface area contributed by atoms with E-state index in [9.17, 15) is 0 Å². The summed E-state index contributed by atoms with van der Waals surface area (Å²) in [5.41, 5.74) is 5.00. The lowest BCUT2D eigenvalue weighted by Gasteiger charge is -2.42. The molecule has 0 aliphatic heterocycles. The standard InChI is InChI=1S/C22H22Cl2N2/c1-26(2)22(17-6-4-3-5-7-17)10-8-15(9-11-22)20-13-16-12-18(23)19(24)14-21(16)25-20/h3-8,12-14,25H,9-11H2,1-2H3. The Balaban J connectivity index is 1.69. The van der Waals surface area contributed by atoms with Gasteiger partial charge in [0.25, 0.3) is 0 Å². The highest BCUT2D eigenvalue weighted by atomic mass is 35.5. The minimum Gasteiger partial charge on any atom is -0.355 e. The molecule has 1 aromatic heterocycles. The molecular formula is C22H22Cl2N2. The van der Waals surface area contributed by atoms with Crippen LogP contribution in [0.4, 0.5) is 0 Å². The first-order valence-corrected chi connectivity index (χ1v) is 9.65. The lowest BCUT2D eigenvalue weighted by molar-refractivity contribution is 0.138. The van der Waals surface area contributed by atoms with E-state index in [1.165, 1.54) is 16.8 Å². The highest BCUT2D eigenvalue weighted by Crippen LogP contribution is 2.43. The maximum atomic E-state index is 6.16. The molecule has 0 spiro atoms. The Bertz CT molecular complexity index is 933. The number of hydrogen-bond acceptors (Lipinski definition) is 1. The molecule has 0 saturated carbocycles. The van der Waals surface area contributed by atoms with E-state index in [0.717, 1.165) is 30.2 Å². The summed E-state index contributed by atoms with van der Waals surface area (Å²) in [6.45, 7) is 0. The number of allylic oxidation sites excluding steroid dienone is 1. The predicted octanol–water partition coefficient (Wildman–Crippen LogP) is 6.50.